The van der Waals surface area contributed by atoms with Crippen molar-refractivity contribution in [2.24, 2.45) is 0 Å². The van der Waals surface area contributed by atoms with Crippen LogP contribution in [0.1, 0.15) is 37.0 Å². The number of benzene rings is 2. The Balaban J connectivity index is 1.43. The maximum absolute atomic E-state index is 13.8. The number of carbonyl (C=O) groups excluding carboxylic acids is 1. The van der Waals surface area contributed by atoms with Gasteiger partial charge in [-0.3, -0.25) is 29.9 Å². The number of nitro groups is 2. The molecule has 2 aliphatic rings. The molecule has 0 fully saturated rings. The summed E-state index contributed by atoms with van der Waals surface area (Å²) in [6.45, 7) is 11.7. The smallest absolute Gasteiger partial charge is 0.278 e. The zero-order valence-corrected chi connectivity index (χ0v) is 25.9. The molecule has 0 radical (unpaired) electrons. The van der Waals surface area contributed by atoms with Crippen LogP contribution in [0.25, 0.3) is 22.3 Å². The molecule has 1 amide bonds. The first-order chi connectivity index (χ1) is 20.2. The van der Waals surface area contributed by atoms with E-state index in [-0.39, 0.29) is 11.6 Å². The summed E-state index contributed by atoms with van der Waals surface area (Å²) < 4.78 is 7.80. The van der Waals surface area contributed by atoms with Gasteiger partial charge in [-0.1, -0.05) is 19.6 Å². The molecule has 4 aromatic rings. The number of hydrogen-bond acceptors (Lipinski definition) is 7. The highest BCUT2D eigenvalue weighted by Crippen LogP contribution is 2.49. The second kappa shape index (κ2) is 10.1. The van der Waals surface area contributed by atoms with Crippen LogP contribution >= 0.6 is 0 Å². The molecule has 0 bridgehead atoms. The Bertz CT molecular complexity index is 1790. The van der Waals surface area contributed by atoms with E-state index in [9.17, 15) is 25.0 Å². The lowest BCUT2D eigenvalue weighted by molar-refractivity contribution is -0.394. The van der Waals surface area contributed by atoms with Crippen LogP contribution in [-0.4, -0.2) is 45.2 Å². The number of anilines is 2. The van der Waals surface area contributed by atoms with E-state index in [0.717, 1.165) is 70.4 Å². The fourth-order valence-electron chi connectivity index (χ4n) is 6.03. The number of fused-ring (bicyclic) bond motifs is 6. The van der Waals surface area contributed by atoms with Crippen LogP contribution in [0.15, 0.2) is 36.5 Å². The molecule has 0 spiro atoms. The maximum Gasteiger partial charge on any atom is 0.278 e. The molecule has 224 valence electrons. The summed E-state index contributed by atoms with van der Waals surface area (Å²) in [5.74, 6) is -0.314. The van der Waals surface area contributed by atoms with Crippen molar-refractivity contribution in [3.05, 3.63) is 73.4 Å². The largest absolute Gasteiger partial charge is 0.360 e. The van der Waals surface area contributed by atoms with Gasteiger partial charge in [0.1, 0.15) is 12.4 Å². The predicted octanol–water partition coefficient (Wildman–Crippen LogP) is 6.60. The SMILES string of the molecule is CC1(C)C(=O)N(c2cc([N+](=O)[O-])cc([N+](=O)[O-])c2)c2cc3c4c([nH]c3cc21)-c1nn(COCC[Si](C)(C)C)cc1CCC4. The molecule has 2 aromatic carbocycles. The van der Waals surface area contributed by atoms with Crippen LogP contribution in [0.4, 0.5) is 22.7 Å². The van der Waals surface area contributed by atoms with Crippen LogP contribution in [0, 0.1) is 20.2 Å². The predicted molar refractivity (Wildman–Crippen MR) is 166 cm³/mol. The fourth-order valence-corrected chi connectivity index (χ4v) is 6.78. The summed E-state index contributed by atoms with van der Waals surface area (Å²) >= 11 is 0. The molecular formula is C30H34N6O6Si. The van der Waals surface area contributed by atoms with Gasteiger partial charge in [-0.2, -0.15) is 5.10 Å². The molecule has 3 heterocycles. The summed E-state index contributed by atoms with van der Waals surface area (Å²) in [7, 11) is -1.19. The molecule has 13 heteroatoms. The van der Waals surface area contributed by atoms with Crippen molar-refractivity contribution in [3.63, 3.8) is 0 Å². The third-order valence-corrected chi connectivity index (χ3v) is 10.1. The monoisotopic (exact) mass is 602 g/mol. The number of hydrogen-bond donors (Lipinski definition) is 1. The van der Waals surface area contributed by atoms with Crippen LogP contribution < -0.4 is 4.90 Å². The molecule has 1 N–H and O–H groups in total. The van der Waals surface area contributed by atoms with Crippen molar-refractivity contribution >= 4 is 47.6 Å². The minimum atomic E-state index is -1.19. The van der Waals surface area contributed by atoms with Crippen LogP contribution in [0.5, 0.6) is 0 Å². The van der Waals surface area contributed by atoms with Gasteiger partial charge in [0.15, 0.2) is 0 Å². The van der Waals surface area contributed by atoms with Gasteiger partial charge < -0.3 is 9.72 Å². The maximum atomic E-state index is 13.8. The molecule has 0 unspecified atom stereocenters. The van der Waals surface area contributed by atoms with Crippen LogP contribution in [0.2, 0.25) is 25.7 Å². The highest BCUT2D eigenvalue weighted by atomic mass is 28.3. The van der Waals surface area contributed by atoms with Crippen LogP contribution in [0.3, 0.4) is 0 Å². The number of carbonyl (C=O) groups is 1. The standard InChI is InChI=1S/C30H34N6O6Si/c1-30(2)24-15-25-23(14-26(24)34(29(30)37)19-11-20(35(38)39)13-21(12-19)36(40)41)22-8-6-7-18-16-33(32-27(18)28(22)31-25)17-42-9-10-43(3,4)5/h11-16,31H,6-10,17H2,1-5H3. The number of nitrogens with zero attached hydrogens (tertiary/aromatic N) is 5. The molecule has 0 saturated heterocycles. The van der Waals surface area contributed by atoms with Gasteiger partial charge in [0.2, 0.25) is 5.91 Å². The average molecular weight is 603 g/mol. The minimum absolute atomic E-state index is 0.0915. The number of aromatic amines is 1. The molecule has 1 aliphatic carbocycles. The van der Waals surface area contributed by atoms with E-state index in [1.165, 1.54) is 17.0 Å². The first kappa shape index (κ1) is 28.7. The summed E-state index contributed by atoms with van der Waals surface area (Å²) in [5, 5.41) is 29.0. The van der Waals surface area contributed by atoms with Gasteiger partial charge in [-0.25, -0.2) is 4.68 Å². The summed E-state index contributed by atoms with van der Waals surface area (Å²) in [4.78, 5) is 40.6. The van der Waals surface area contributed by atoms with E-state index in [1.807, 2.05) is 16.8 Å². The van der Waals surface area contributed by atoms with Gasteiger partial charge in [-0.15, -0.1) is 0 Å². The molecule has 43 heavy (non-hydrogen) atoms. The average Bonchev–Trinajstić information content (AvgIpc) is 3.52. The Hall–Kier alpha value is -4.36. The van der Waals surface area contributed by atoms with Gasteiger partial charge in [0.25, 0.3) is 11.4 Å². The third-order valence-electron chi connectivity index (χ3n) is 8.41. The first-order valence-corrected chi connectivity index (χ1v) is 18.1. The molecule has 12 nitrogen and oxygen atoms in total. The Labute approximate surface area is 248 Å². The molecule has 1 aliphatic heterocycles. The van der Waals surface area contributed by atoms with Crippen molar-refractivity contribution < 1.29 is 19.4 Å². The number of nitrogens with one attached hydrogen (secondary N) is 1. The Morgan fingerprint density at radius 2 is 1.74 bits per heavy atom. The van der Waals surface area contributed by atoms with Crippen molar-refractivity contribution in [3.8, 4) is 11.4 Å². The minimum Gasteiger partial charge on any atom is -0.360 e. The Morgan fingerprint density at radius 3 is 2.40 bits per heavy atom. The lowest BCUT2D eigenvalue weighted by Crippen LogP contribution is -2.33. The number of rotatable bonds is 8. The quantitative estimate of drug-likeness (QED) is 0.103. The lowest BCUT2D eigenvalue weighted by Gasteiger charge is -2.20. The van der Waals surface area contributed by atoms with Gasteiger partial charge >= 0.3 is 0 Å². The van der Waals surface area contributed by atoms with E-state index >= 15 is 0 Å². The molecular weight excluding hydrogens is 568 g/mol. The summed E-state index contributed by atoms with van der Waals surface area (Å²) in [6.07, 6.45) is 4.64. The number of amides is 1. The zero-order valence-electron chi connectivity index (χ0n) is 24.9. The Morgan fingerprint density at radius 1 is 1.05 bits per heavy atom. The first-order valence-electron chi connectivity index (χ1n) is 14.4. The number of non-ortho nitro benzene ring substituents is 2. The number of aromatic nitrogens is 3. The highest BCUT2D eigenvalue weighted by Gasteiger charge is 2.46. The summed E-state index contributed by atoms with van der Waals surface area (Å²) in [5.41, 5.74) is 4.44. The number of nitro benzene ring substituents is 2. The topological polar surface area (TPSA) is 149 Å². The van der Waals surface area contributed by atoms with E-state index < -0.39 is 34.7 Å². The molecule has 0 atom stereocenters. The number of H-pyrrole nitrogens is 1. The van der Waals surface area contributed by atoms with E-state index in [2.05, 4.69) is 30.8 Å². The normalized spacial score (nSPS) is 15.7. The summed E-state index contributed by atoms with van der Waals surface area (Å²) in [6, 6.07) is 8.30. The van der Waals surface area contributed by atoms with Crippen LogP contribution in [-0.2, 0) is 34.5 Å². The fraction of sp³-hybridized carbons (Fsp3) is 0.400. The van der Waals surface area contributed by atoms with Crippen molar-refractivity contribution in [1.82, 2.24) is 14.8 Å². The second-order valence-electron chi connectivity index (χ2n) is 13.1. The van der Waals surface area contributed by atoms with E-state index in [4.69, 9.17) is 9.84 Å². The number of aryl methyl sites for hydroxylation is 2. The van der Waals surface area contributed by atoms with E-state index in [0.29, 0.717) is 19.0 Å². The lowest BCUT2D eigenvalue weighted by atomic mass is 9.85. The number of ether oxygens (including phenoxy) is 1. The highest BCUT2D eigenvalue weighted by molar-refractivity contribution is 6.76. The Kier molecular flexibility index (Phi) is 6.77. The zero-order chi connectivity index (χ0) is 30.8. The van der Waals surface area contributed by atoms with Crippen molar-refractivity contribution in [1.29, 1.82) is 0 Å². The van der Waals surface area contributed by atoms with Crippen molar-refractivity contribution in [2.75, 3.05) is 11.5 Å². The van der Waals surface area contributed by atoms with E-state index in [1.54, 1.807) is 13.8 Å². The third kappa shape index (κ3) is 5.01. The van der Waals surface area contributed by atoms with Crippen molar-refractivity contribution in [2.45, 2.75) is 70.9 Å². The molecule has 0 saturated carbocycles. The van der Waals surface area contributed by atoms with Gasteiger partial charge in [0, 0.05) is 43.9 Å². The molecule has 6 rings (SSSR count). The van der Waals surface area contributed by atoms with Gasteiger partial charge in [0.05, 0.1) is 38.4 Å². The molecule has 2 aromatic heterocycles. The van der Waals surface area contributed by atoms with Gasteiger partial charge in [-0.05, 0) is 68.0 Å². The second-order valence-corrected chi connectivity index (χ2v) is 18.7.